The van der Waals surface area contributed by atoms with Crippen molar-refractivity contribution in [1.29, 1.82) is 0 Å². The van der Waals surface area contributed by atoms with Gasteiger partial charge >= 0.3 is 5.97 Å². The van der Waals surface area contributed by atoms with Crippen LogP contribution in [0.15, 0.2) is 62.1 Å². The molecule has 190 valence electrons. The van der Waals surface area contributed by atoms with Crippen molar-refractivity contribution >= 4 is 50.7 Å². The lowest BCUT2D eigenvalue weighted by atomic mass is 9.87. The molecule has 0 fully saturated rings. The number of carbonyl (C=O) groups excluding carboxylic acids is 2. The molecule has 1 N–H and O–H groups in total. The number of carbonyl (C=O) groups is 2. The van der Waals surface area contributed by atoms with Crippen molar-refractivity contribution in [1.82, 2.24) is 0 Å². The Hall–Kier alpha value is -3.04. The second-order valence-corrected chi connectivity index (χ2v) is 10.7. The van der Waals surface area contributed by atoms with E-state index in [1.807, 2.05) is 12.1 Å². The lowest BCUT2D eigenvalue weighted by Crippen LogP contribution is -2.14. The van der Waals surface area contributed by atoms with E-state index in [4.69, 9.17) is 14.2 Å². The average molecular weight is 574 g/mol. The van der Waals surface area contributed by atoms with E-state index in [0.717, 1.165) is 17.3 Å². The molecule has 0 radical (unpaired) electrons. The summed E-state index contributed by atoms with van der Waals surface area (Å²) < 4.78 is 16.6. The van der Waals surface area contributed by atoms with E-state index in [2.05, 4.69) is 41.7 Å². The highest BCUT2D eigenvalue weighted by atomic mass is 79.9. The number of hydrogen-bond acceptors (Lipinski definition) is 7. The third-order valence-electron chi connectivity index (χ3n) is 5.36. The monoisotopic (exact) mass is 573 g/mol. The molecule has 1 aliphatic heterocycles. The number of methoxy groups -OCH3 is 2. The number of rotatable bonds is 6. The second-order valence-electron chi connectivity index (χ2n) is 8.83. The lowest BCUT2D eigenvalue weighted by molar-refractivity contribution is -0.138. The molecule has 7 nitrogen and oxygen atoms in total. The smallest absolute Gasteiger partial charge is 0.344 e. The standard InChI is InChI=1S/C27H28BrNO6S/c1-7-35-26(32)22-23(30)21(13-16-12-18(28)20(34-6)14-19(16)33-5)36-25(22)29-24(31)15-8-10-17(11-9-15)27(2,3)4/h8-14,30H,7H2,1-6H3/b21-13-,29-25?. The number of benzene rings is 2. The molecule has 36 heavy (non-hydrogen) atoms. The first-order valence-electron chi connectivity index (χ1n) is 11.2. The molecule has 9 heteroatoms. The number of thioether (sulfide) groups is 1. The molecule has 0 bridgehead atoms. The van der Waals surface area contributed by atoms with Crippen molar-refractivity contribution in [2.45, 2.75) is 33.1 Å². The van der Waals surface area contributed by atoms with Gasteiger partial charge < -0.3 is 19.3 Å². The molecule has 1 heterocycles. The number of nitrogens with zero attached hydrogens (tertiary/aromatic N) is 1. The molecule has 0 saturated heterocycles. The van der Waals surface area contributed by atoms with Crippen LogP contribution in [-0.4, -0.2) is 42.9 Å². The van der Waals surface area contributed by atoms with E-state index in [1.165, 1.54) is 7.11 Å². The number of amides is 1. The van der Waals surface area contributed by atoms with Crippen molar-refractivity contribution in [3.05, 3.63) is 73.8 Å². The minimum atomic E-state index is -0.761. The van der Waals surface area contributed by atoms with Crippen molar-refractivity contribution in [3.8, 4) is 11.5 Å². The summed E-state index contributed by atoms with van der Waals surface area (Å²) in [7, 11) is 3.06. The molecule has 1 amide bonds. The van der Waals surface area contributed by atoms with Crippen LogP contribution >= 0.6 is 27.7 Å². The fraction of sp³-hybridized carbons (Fsp3) is 0.296. The molecule has 0 aliphatic carbocycles. The van der Waals surface area contributed by atoms with Gasteiger partial charge in [-0.15, -0.1) is 0 Å². The Balaban J connectivity index is 2.03. The molecule has 2 aromatic carbocycles. The summed E-state index contributed by atoms with van der Waals surface area (Å²) in [6.07, 6.45) is 1.65. The van der Waals surface area contributed by atoms with Crippen molar-refractivity contribution < 1.29 is 28.9 Å². The highest BCUT2D eigenvalue weighted by molar-refractivity contribution is 9.10. The van der Waals surface area contributed by atoms with E-state index in [9.17, 15) is 14.7 Å². The number of aliphatic imine (C=N–C) groups is 1. The lowest BCUT2D eigenvalue weighted by Gasteiger charge is -2.18. The fourth-order valence-corrected chi connectivity index (χ4v) is 4.93. The Kier molecular flexibility index (Phi) is 8.68. The minimum absolute atomic E-state index is 0.0580. The number of halogens is 1. The van der Waals surface area contributed by atoms with Crippen LogP contribution in [0.1, 0.15) is 49.2 Å². The van der Waals surface area contributed by atoms with Gasteiger partial charge in [-0.25, -0.2) is 9.79 Å². The quantitative estimate of drug-likeness (QED) is 0.396. The maximum Gasteiger partial charge on any atom is 0.344 e. The maximum absolute atomic E-state index is 13.0. The van der Waals surface area contributed by atoms with Gasteiger partial charge in [-0.2, -0.15) is 0 Å². The van der Waals surface area contributed by atoms with E-state index in [1.54, 1.807) is 44.4 Å². The largest absolute Gasteiger partial charge is 0.506 e. The van der Waals surface area contributed by atoms with Crippen molar-refractivity contribution in [2.75, 3.05) is 20.8 Å². The van der Waals surface area contributed by atoms with Gasteiger partial charge in [-0.1, -0.05) is 44.7 Å². The Labute approximate surface area is 223 Å². The number of aliphatic hydroxyl groups is 1. The van der Waals surface area contributed by atoms with Gasteiger partial charge in [0.05, 0.1) is 30.2 Å². The first-order valence-corrected chi connectivity index (χ1v) is 12.8. The predicted octanol–water partition coefficient (Wildman–Crippen LogP) is 6.47. The van der Waals surface area contributed by atoms with Crippen LogP contribution in [0.5, 0.6) is 11.5 Å². The normalized spacial score (nSPS) is 16.0. The van der Waals surface area contributed by atoms with E-state index in [0.29, 0.717) is 32.0 Å². The molecule has 0 aromatic heterocycles. The molecule has 1 aliphatic rings. The van der Waals surface area contributed by atoms with E-state index >= 15 is 0 Å². The molecular weight excluding hydrogens is 546 g/mol. The highest BCUT2D eigenvalue weighted by Gasteiger charge is 2.34. The summed E-state index contributed by atoms with van der Waals surface area (Å²) in [5.74, 6) is -0.538. The van der Waals surface area contributed by atoms with Gasteiger partial charge in [0.15, 0.2) is 0 Å². The zero-order chi connectivity index (χ0) is 26.6. The molecular formula is C27H28BrNO6S. The molecule has 2 aromatic rings. The third-order valence-corrected chi connectivity index (χ3v) is 7.00. The summed E-state index contributed by atoms with van der Waals surface area (Å²) in [6, 6.07) is 10.6. The van der Waals surface area contributed by atoms with Gasteiger partial charge in [-0.05, 0) is 58.1 Å². The van der Waals surface area contributed by atoms with Crippen molar-refractivity contribution in [3.63, 3.8) is 0 Å². The molecule has 0 atom stereocenters. The second kappa shape index (κ2) is 11.3. The fourth-order valence-electron chi connectivity index (χ4n) is 3.40. The summed E-state index contributed by atoms with van der Waals surface area (Å²) >= 11 is 4.45. The molecule has 0 spiro atoms. The minimum Gasteiger partial charge on any atom is -0.506 e. The number of aliphatic hydroxyl groups excluding tert-OH is 1. The van der Waals surface area contributed by atoms with Crippen LogP contribution in [0.3, 0.4) is 0 Å². The summed E-state index contributed by atoms with van der Waals surface area (Å²) in [6.45, 7) is 8.02. The number of ether oxygens (including phenoxy) is 3. The van der Waals surface area contributed by atoms with Crippen LogP contribution in [0.2, 0.25) is 0 Å². The average Bonchev–Trinajstić information content (AvgIpc) is 3.13. The number of esters is 1. The van der Waals surface area contributed by atoms with Gasteiger partial charge in [0.2, 0.25) is 0 Å². The Morgan fingerprint density at radius 1 is 1.08 bits per heavy atom. The summed E-state index contributed by atoms with van der Waals surface area (Å²) in [4.78, 5) is 30.1. The Bertz CT molecular complexity index is 1270. The van der Waals surface area contributed by atoms with Gasteiger partial charge in [0.25, 0.3) is 5.91 Å². The summed E-state index contributed by atoms with van der Waals surface area (Å²) in [5, 5.41) is 11.0. The van der Waals surface area contributed by atoms with Crippen molar-refractivity contribution in [2.24, 2.45) is 4.99 Å². The zero-order valence-electron chi connectivity index (χ0n) is 21.0. The SMILES string of the molecule is CCOC(=O)C1=C(O)/C(=C/c2cc(Br)c(OC)cc2OC)SC1=NC(=O)c1ccc(C(C)(C)C)cc1. The van der Waals surface area contributed by atoms with E-state index in [-0.39, 0.29) is 28.4 Å². The first kappa shape index (κ1) is 27.5. The summed E-state index contributed by atoms with van der Waals surface area (Å²) in [5.41, 5.74) is 1.86. The van der Waals surface area contributed by atoms with Crippen LogP contribution in [0.4, 0.5) is 0 Å². The van der Waals surface area contributed by atoms with E-state index < -0.39 is 11.9 Å². The van der Waals surface area contributed by atoms with Gasteiger partial charge in [0.1, 0.15) is 27.9 Å². The number of hydrogen-bond donors (Lipinski definition) is 1. The van der Waals surface area contributed by atoms with Gasteiger partial charge in [-0.3, -0.25) is 4.79 Å². The topological polar surface area (TPSA) is 94.4 Å². The van der Waals surface area contributed by atoms with Gasteiger partial charge in [0, 0.05) is 17.2 Å². The molecule has 0 unspecified atom stereocenters. The Morgan fingerprint density at radius 2 is 1.72 bits per heavy atom. The van der Waals surface area contributed by atoms with Crippen LogP contribution in [0.25, 0.3) is 6.08 Å². The predicted molar refractivity (Wildman–Crippen MR) is 146 cm³/mol. The zero-order valence-corrected chi connectivity index (χ0v) is 23.4. The highest BCUT2D eigenvalue weighted by Crippen LogP contribution is 2.42. The third kappa shape index (κ3) is 6.02. The molecule has 0 saturated carbocycles. The van der Waals surface area contributed by atoms with Crippen LogP contribution in [-0.2, 0) is 14.9 Å². The first-order chi connectivity index (χ1) is 17.0. The maximum atomic E-state index is 13.0. The van der Waals surface area contributed by atoms with Crippen LogP contribution in [0, 0.1) is 0 Å². The molecule has 3 rings (SSSR count). The Morgan fingerprint density at radius 3 is 2.28 bits per heavy atom. The van der Waals surface area contributed by atoms with Crippen LogP contribution < -0.4 is 9.47 Å².